The van der Waals surface area contributed by atoms with Crippen molar-refractivity contribution in [3.05, 3.63) is 70.5 Å². The number of nitrogen functional groups attached to an aromatic ring is 1. The number of halogens is 1. The summed E-state index contributed by atoms with van der Waals surface area (Å²) in [6.07, 6.45) is 6.84. The van der Waals surface area contributed by atoms with E-state index in [4.69, 9.17) is 22.1 Å². The van der Waals surface area contributed by atoms with Crippen molar-refractivity contribution >= 4 is 40.6 Å². The van der Waals surface area contributed by atoms with Crippen LogP contribution in [0.2, 0.25) is 5.02 Å². The van der Waals surface area contributed by atoms with Gasteiger partial charge in [-0.3, -0.25) is 4.68 Å². The molecule has 1 aromatic carbocycles. The first-order chi connectivity index (χ1) is 15.9. The van der Waals surface area contributed by atoms with Gasteiger partial charge >= 0.3 is 5.97 Å². The van der Waals surface area contributed by atoms with E-state index in [1.54, 1.807) is 12.4 Å². The summed E-state index contributed by atoms with van der Waals surface area (Å²) in [5.41, 5.74) is 10.7. The minimum absolute atomic E-state index is 0.271. The van der Waals surface area contributed by atoms with Gasteiger partial charge in [-0.05, 0) is 38.0 Å². The lowest BCUT2D eigenvalue weighted by Gasteiger charge is -2.06. The molecule has 0 saturated heterocycles. The second kappa shape index (κ2) is 9.83. The van der Waals surface area contributed by atoms with E-state index in [1.165, 1.54) is 12.4 Å². The Morgan fingerprint density at radius 3 is 2.85 bits per heavy atom. The molecule has 0 unspecified atom stereocenters. The topological polar surface area (TPSA) is 114 Å². The van der Waals surface area contributed by atoms with Crippen molar-refractivity contribution in [3.8, 4) is 0 Å². The summed E-state index contributed by atoms with van der Waals surface area (Å²) < 4.78 is 9.07. The number of aryl methyl sites for hydroxylation is 2. The molecule has 0 fully saturated rings. The Kier molecular flexibility index (Phi) is 6.69. The number of nitrogens with zero attached hydrogens (tertiary/aromatic N) is 6. The molecule has 0 spiro atoms. The zero-order valence-electron chi connectivity index (χ0n) is 18.4. The van der Waals surface area contributed by atoms with Crippen molar-refractivity contribution in [3.63, 3.8) is 0 Å². The van der Waals surface area contributed by atoms with E-state index in [1.807, 2.05) is 47.4 Å². The van der Waals surface area contributed by atoms with Gasteiger partial charge in [-0.2, -0.15) is 5.10 Å². The Hall–Kier alpha value is -3.72. The van der Waals surface area contributed by atoms with Gasteiger partial charge in [-0.15, -0.1) is 0 Å². The Morgan fingerprint density at radius 1 is 1.21 bits per heavy atom. The summed E-state index contributed by atoms with van der Waals surface area (Å²) in [6.45, 7) is 5.30. The molecular weight excluding hydrogens is 442 g/mol. The fourth-order valence-corrected chi connectivity index (χ4v) is 3.76. The largest absolute Gasteiger partial charge is 0.462 e. The Labute approximate surface area is 195 Å². The number of carbonyl (C=O) groups is 1. The van der Waals surface area contributed by atoms with Crippen LogP contribution in [0.5, 0.6) is 0 Å². The lowest BCUT2D eigenvalue weighted by atomic mass is 10.1. The van der Waals surface area contributed by atoms with Gasteiger partial charge in [0.25, 0.3) is 0 Å². The van der Waals surface area contributed by atoms with Crippen LogP contribution in [0.3, 0.4) is 0 Å². The summed E-state index contributed by atoms with van der Waals surface area (Å²) in [6, 6.07) is 7.68. The van der Waals surface area contributed by atoms with Gasteiger partial charge in [0.05, 0.1) is 25.2 Å². The maximum atomic E-state index is 12.2. The lowest BCUT2D eigenvalue weighted by Crippen LogP contribution is -2.06. The van der Waals surface area contributed by atoms with Crippen molar-refractivity contribution in [1.29, 1.82) is 0 Å². The third kappa shape index (κ3) is 5.04. The van der Waals surface area contributed by atoms with Crippen molar-refractivity contribution in [1.82, 2.24) is 29.3 Å². The normalized spacial score (nSPS) is 11.5. The van der Waals surface area contributed by atoms with Crippen LogP contribution in [0.15, 0.2) is 43.0 Å². The fourth-order valence-electron chi connectivity index (χ4n) is 3.56. The third-order valence-corrected chi connectivity index (χ3v) is 5.69. The number of esters is 1. The van der Waals surface area contributed by atoms with Gasteiger partial charge in [0.1, 0.15) is 11.8 Å². The van der Waals surface area contributed by atoms with Gasteiger partial charge in [0, 0.05) is 28.9 Å². The summed E-state index contributed by atoms with van der Waals surface area (Å²) in [5.74, 6) is -0.0641. The number of carbonyl (C=O) groups excluding carboxylic acids is 1. The molecule has 0 aliphatic rings. The van der Waals surface area contributed by atoms with Crippen LogP contribution in [0.4, 0.5) is 5.82 Å². The van der Waals surface area contributed by atoms with Crippen LogP contribution < -0.4 is 5.73 Å². The minimum Gasteiger partial charge on any atom is -0.462 e. The third-order valence-electron chi connectivity index (χ3n) is 5.32. The molecule has 4 rings (SSSR count). The monoisotopic (exact) mass is 465 g/mol. The molecule has 9 nitrogen and oxygen atoms in total. The first-order valence-corrected chi connectivity index (χ1v) is 10.9. The number of hydrogen-bond donors (Lipinski definition) is 1. The molecular formula is C23H24ClN7O2. The Bertz CT molecular complexity index is 1330. The number of hydrogen-bond acceptors (Lipinski definition) is 7. The first kappa shape index (κ1) is 22.5. The molecule has 10 heteroatoms. The van der Waals surface area contributed by atoms with Gasteiger partial charge in [-0.1, -0.05) is 29.8 Å². The summed E-state index contributed by atoms with van der Waals surface area (Å²) >= 11 is 6.27. The van der Waals surface area contributed by atoms with Crippen LogP contribution in [-0.2, 0) is 22.6 Å². The Balaban J connectivity index is 1.31. The smallest absolute Gasteiger partial charge is 0.330 e. The second-order valence-corrected chi connectivity index (χ2v) is 7.96. The maximum Gasteiger partial charge on any atom is 0.330 e. The molecule has 0 aliphatic carbocycles. The van der Waals surface area contributed by atoms with Gasteiger partial charge in [0.15, 0.2) is 11.5 Å². The average Bonchev–Trinajstić information content (AvgIpc) is 3.33. The molecule has 33 heavy (non-hydrogen) atoms. The van der Waals surface area contributed by atoms with Crippen molar-refractivity contribution in [2.24, 2.45) is 0 Å². The fraction of sp³-hybridized carbons (Fsp3) is 0.261. The molecule has 3 heterocycles. The highest BCUT2D eigenvalue weighted by Gasteiger charge is 2.12. The molecule has 0 atom stereocenters. The van der Waals surface area contributed by atoms with Gasteiger partial charge in [0.2, 0.25) is 0 Å². The van der Waals surface area contributed by atoms with E-state index in [-0.39, 0.29) is 6.61 Å². The molecule has 2 N–H and O–H groups in total. The van der Waals surface area contributed by atoms with Crippen molar-refractivity contribution in [2.45, 2.75) is 33.4 Å². The predicted octanol–water partition coefficient (Wildman–Crippen LogP) is 3.57. The standard InChI is InChI=1S/C23H24ClN7O2/c1-15-18(16(2)31(29-15)12-17-6-3-4-7-19(17)24)8-9-20(32)33-11-5-10-30-14-28-21-22(25)26-13-27-23(21)30/h3-4,6-9,13-14H,5,10-12H2,1-2H3,(H2,25,26,27)/b9-8+. The van der Waals surface area contributed by atoms with E-state index < -0.39 is 5.97 Å². The number of ether oxygens (including phenoxy) is 1. The highest BCUT2D eigenvalue weighted by atomic mass is 35.5. The summed E-state index contributed by atoms with van der Waals surface area (Å²) in [5, 5.41) is 5.29. The molecule has 170 valence electrons. The number of imidazole rings is 1. The molecule has 0 aliphatic heterocycles. The highest BCUT2D eigenvalue weighted by Crippen LogP contribution is 2.20. The quantitative estimate of drug-likeness (QED) is 0.240. The van der Waals surface area contributed by atoms with Crippen LogP contribution in [-0.4, -0.2) is 41.9 Å². The predicted molar refractivity (Wildman–Crippen MR) is 127 cm³/mol. The van der Waals surface area contributed by atoms with Crippen LogP contribution >= 0.6 is 11.6 Å². The number of benzene rings is 1. The highest BCUT2D eigenvalue weighted by molar-refractivity contribution is 6.31. The van der Waals surface area contributed by atoms with E-state index >= 15 is 0 Å². The summed E-state index contributed by atoms with van der Waals surface area (Å²) in [4.78, 5) is 24.5. The lowest BCUT2D eigenvalue weighted by molar-refractivity contribution is -0.137. The Morgan fingerprint density at radius 2 is 2.03 bits per heavy atom. The van der Waals surface area contributed by atoms with Crippen LogP contribution in [0, 0.1) is 13.8 Å². The second-order valence-electron chi connectivity index (χ2n) is 7.56. The maximum absolute atomic E-state index is 12.2. The SMILES string of the molecule is Cc1nn(Cc2ccccc2Cl)c(C)c1/C=C/C(=O)OCCCn1cnc2c(N)ncnc21. The summed E-state index contributed by atoms with van der Waals surface area (Å²) in [7, 11) is 0. The van der Waals surface area contributed by atoms with E-state index in [2.05, 4.69) is 20.1 Å². The first-order valence-electron chi connectivity index (χ1n) is 10.5. The zero-order chi connectivity index (χ0) is 23.4. The van der Waals surface area contributed by atoms with Gasteiger partial charge in [-0.25, -0.2) is 19.7 Å². The molecule has 3 aromatic heterocycles. The van der Waals surface area contributed by atoms with E-state index in [9.17, 15) is 4.79 Å². The van der Waals surface area contributed by atoms with Crippen molar-refractivity contribution < 1.29 is 9.53 Å². The number of aromatic nitrogens is 6. The van der Waals surface area contributed by atoms with E-state index in [0.717, 1.165) is 22.5 Å². The minimum atomic E-state index is -0.408. The van der Waals surface area contributed by atoms with Crippen LogP contribution in [0.25, 0.3) is 17.2 Å². The molecule has 4 aromatic rings. The van der Waals surface area contributed by atoms with Crippen molar-refractivity contribution in [2.75, 3.05) is 12.3 Å². The molecule has 0 radical (unpaired) electrons. The zero-order valence-corrected chi connectivity index (χ0v) is 19.2. The molecule has 0 bridgehead atoms. The molecule has 0 amide bonds. The number of anilines is 1. The van der Waals surface area contributed by atoms with Crippen LogP contribution in [0.1, 0.15) is 28.9 Å². The average molecular weight is 466 g/mol. The van der Waals surface area contributed by atoms with Gasteiger partial charge < -0.3 is 15.0 Å². The van der Waals surface area contributed by atoms with E-state index in [0.29, 0.717) is 41.5 Å². The number of nitrogens with two attached hydrogens (primary N) is 1. The number of rotatable bonds is 8. The number of fused-ring (bicyclic) bond motifs is 1. The molecule has 0 saturated carbocycles.